The number of ether oxygens (including phenoxy) is 2. The van der Waals surface area contributed by atoms with Crippen LogP contribution in [0.5, 0.6) is 11.5 Å². The Kier molecular flexibility index (Phi) is 3.48. The predicted molar refractivity (Wildman–Crippen MR) is 88.3 cm³/mol. The molecule has 0 spiro atoms. The molecule has 0 saturated carbocycles. The van der Waals surface area contributed by atoms with Crippen LogP contribution in [0.15, 0.2) is 18.2 Å². The third kappa shape index (κ3) is 2.25. The summed E-state index contributed by atoms with van der Waals surface area (Å²) in [6.45, 7) is 5.07. The van der Waals surface area contributed by atoms with Gasteiger partial charge >= 0.3 is 0 Å². The van der Waals surface area contributed by atoms with Crippen molar-refractivity contribution in [3.63, 3.8) is 0 Å². The first-order chi connectivity index (χ1) is 11.6. The minimum absolute atomic E-state index is 0.0402. The first-order valence-electron chi connectivity index (χ1n) is 8.27. The van der Waals surface area contributed by atoms with Gasteiger partial charge in [-0.05, 0) is 44.9 Å². The molecular formula is C18H21N3O3. The molecule has 0 radical (unpaired) electrons. The van der Waals surface area contributed by atoms with E-state index in [1.165, 1.54) is 5.56 Å². The smallest absolute Gasteiger partial charge is 0.254 e. The molecule has 1 saturated heterocycles. The molecule has 6 nitrogen and oxygen atoms in total. The van der Waals surface area contributed by atoms with Gasteiger partial charge in [-0.1, -0.05) is 0 Å². The van der Waals surface area contributed by atoms with E-state index in [4.69, 9.17) is 9.47 Å². The van der Waals surface area contributed by atoms with Crippen LogP contribution in [0.1, 0.15) is 46.2 Å². The lowest BCUT2D eigenvalue weighted by atomic mass is 10.0. The topological polar surface area (TPSA) is 56.6 Å². The van der Waals surface area contributed by atoms with E-state index in [1.807, 2.05) is 29.6 Å². The van der Waals surface area contributed by atoms with Gasteiger partial charge in [-0.3, -0.25) is 9.48 Å². The largest absolute Gasteiger partial charge is 0.454 e. The molecule has 1 aromatic carbocycles. The molecule has 3 heterocycles. The number of rotatable bonds is 2. The Morgan fingerprint density at radius 3 is 2.79 bits per heavy atom. The highest BCUT2D eigenvalue weighted by Gasteiger charge is 2.34. The normalized spacial score (nSPS) is 19.1. The Morgan fingerprint density at radius 1 is 1.25 bits per heavy atom. The van der Waals surface area contributed by atoms with E-state index in [9.17, 15) is 4.79 Å². The van der Waals surface area contributed by atoms with Crippen LogP contribution < -0.4 is 9.47 Å². The molecule has 2 aromatic rings. The Morgan fingerprint density at radius 2 is 2.04 bits per heavy atom. The molecule has 0 aliphatic carbocycles. The molecule has 2 aliphatic heterocycles. The minimum atomic E-state index is 0.0402. The van der Waals surface area contributed by atoms with E-state index in [1.54, 1.807) is 12.1 Å². The standard InChI is InChI=1S/C18H21N3O3/c1-11-17(12(2)20(3)19-11)14-5-4-8-21(14)18(22)13-6-7-15-16(9-13)24-10-23-15/h6-7,9,14H,4-5,8,10H2,1-3H3. The van der Waals surface area contributed by atoms with Crippen molar-refractivity contribution in [2.75, 3.05) is 13.3 Å². The van der Waals surface area contributed by atoms with E-state index in [-0.39, 0.29) is 18.7 Å². The van der Waals surface area contributed by atoms with Gasteiger partial charge in [-0.15, -0.1) is 0 Å². The zero-order valence-corrected chi connectivity index (χ0v) is 14.2. The summed E-state index contributed by atoms with van der Waals surface area (Å²) in [6, 6.07) is 5.50. The van der Waals surface area contributed by atoms with E-state index in [0.29, 0.717) is 17.1 Å². The number of likely N-dealkylation sites (tertiary alicyclic amines) is 1. The monoisotopic (exact) mass is 327 g/mol. The number of carbonyl (C=O) groups excluding carboxylic acids is 1. The molecule has 24 heavy (non-hydrogen) atoms. The van der Waals surface area contributed by atoms with Gasteiger partial charge in [0.2, 0.25) is 6.79 Å². The predicted octanol–water partition coefficient (Wildman–Crippen LogP) is 2.74. The number of nitrogens with zero attached hydrogens (tertiary/aromatic N) is 3. The van der Waals surface area contributed by atoms with Gasteiger partial charge in [0.1, 0.15) is 0 Å². The van der Waals surface area contributed by atoms with Crippen LogP contribution in [0, 0.1) is 13.8 Å². The molecule has 6 heteroatoms. The maximum Gasteiger partial charge on any atom is 0.254 e. The number of amides is 1. The Bertz CT molecular complexity index is 812. The SMILES string of the molecule is Cc1nn(C)c(C)c1C1CCCN1C(=O)c1ccc2c(c1)OCO2. The molecule has 1 fully saturated rings. The third-order valence-corrected chi connectivity index (χ3v) is 5.03. The van der Waals surface area contributed by atoms with E-state index < -0.39 is 0 Å². The first-order valence-corrected chi connectivity index (χ1v) is 8.27. The molecule has 2 aliphatic rings. The van der Waals surface area contributed by atoms with Gasteiger partial charge in [-0.2, -0.15) is 5.10 Å². The first kappa shape index (κ1) is 15.1. The molecule has 1 unspecified atom stereocenters. The van der Waals surface area contributed by atoms with Crippen LogP contribution in [-0.2, 0) is 7.05 Å². The summed E-state index contributed by atoms with van der Waals surface area (Å²) in [5, 5.41) is 4.51. The Labute approximate surface area is 141 Å². The van der Waals surface area contributed by atoms with Gasteiger partial charge in [0.15, 0.2) is 11.5 Å². The van der Waals surface area contributed by atoms with Crippen molar-refractivity contribution in [1.29, 1.82) is 0 Å². The number of hydrogen-bond donors (Lipinski definition) is 0. The van der Waals surface area contributed by atoms with Gasteiger partial charge in [0.25, 0.3) is 5.91 Å². The summed E-state index contributed by atoms with van der Waals surface area (Å²) in [5.74, 6) is 1.38. The molecule has 0 bridgehead atoms. The molecule has 126 valence electrons. The summed E-state index contributed by atoms with van der Waals surface area (Å²) in [4.78, 5) is 15.0. The molecule has 4 rings (SSSR count). The van der Waals surface area contributed by atoms with Crippen LogP contribution >= 0.6 is 0 Å². The molecule has 1 amide bonds. The highest BCUT2D eigenvalue weighted by atomic mass is 16.7. The summed E-state index contributed by atoms with van der Waals surface area (Å²) >= 11 is 0. The zero-order chi connectivity index (χ0) is 16.8. The Balaban J connectivity index is 1.66. The second kappa shape index (κ2) is 5.54. The van der Waals surface area contributed by atoms with Crippen molar-refractivity contribution in [3.05, 3.63) is 40.7 Å². The van der Waals surface area contributed by atoms with E-state index in [2.05, 4.69) is 12.0 Å². The lowest BCUT2D eigenvalue weighted by molar-refractivity contribution is 0.0734. The minimum Gasteiger partial charge on any atom is -0.454 e. The van der Waals surface area contributed by atoms with Crippen LogP contribution in [0.25, 0.3) is 0 Å². The maximum atomic E-state index is 13.1. The van der Waals surface area contributed by atoms with Crippen molar-refractivity contribution in [3.8, 4) is 11.5 Å². The van der Waals surface area contributed by atoms with Crippen molar-refractivity contribution in [1.82, 2.24) is 14.7 Å². The van der Waals surface area contributed by atoms with E-state index >= 15 is 0 Å². The maximum absolute atomic E-state index is 13.1. The summed E-state index contributed by atoms with van der Waals surface area (Å²) < 4.78 is 12.6. The van der Waals surface area contributed by atoms with Crippen molar-refractivity contribution in [2.24, 2.45) is 7.05 Å². The van der Waals surface area contributed by atoms with Gasteiger partial charge < -0.3 is 14.4 Å². The number of hydrogen-bond acceptors (Lipinski definition) is 4. The van der Waals surface area contributed by atoms with Crippen molar-refractivity contribution in [2.45, 2.75) is 32.7 Å². The van der Waals surface area contributed by atoms with Gasteiger partial charge in [0, 0.05) is 30.4 Å². The second-order valence-electron chi connectivity index (χ2n) is 6.43. The number of fused-ring (bicyclic) bond motifs is 1. The number of aryl methyl sites for hydroxylation is 2. The lowest BCUT2D eigenvalue weighted by Crippen LogP contribution is -2.31. The lowest BCUT2D eigenvalue weighted by Gasteiger charge is -2.25. The average molecular weight is 327 g/mol. The van der Waals surface area contributed by atoms with Crippen LogP contribution in [0.3, 0.4) is 0 Å². The van der Waals surface area contributed by atoms with Gasteiger partial charge in [0.05, 0.1) is 11.7 Å². The van der Waals surface area contributed by atoms with Crippen molar-refractivity contribution < 1.29 is 14.3 Å². The highest BCUT2D eigenvalue weighted by Crippen LogP contribution is 2.38. The number of aromatic nitrogens is 2. The highest BCUT2D eigenvalue weighted by molar-refractivity contribution is 5.95. The van der Waals surface area contributed by atoms with Gasteiger partial charge in [-0.25, -0.2) is 0 Å². The molecular weight excluding hydrogens is 306 g/mol. The summed E-state index contributed by atoms with van der Waals surface area (Å²) in [5.41, 5.74) is 3.96. The molecule has 1 aromatic heterocycles. The number of carbonyl (C=O) groups is 1. The third-order valence-electron chi connectivity index (χ3n) is 5.03. The van der Waals surface area contributed by atoms with Crippen LogP contribution in [-0.4, -0.2) is 33.9 Å². The van der Waals surface area contributed by atoms with Crippen LogP contribution in [0.4, 0.5) is 0 Å². The summed E-state index contributed by atoms with van der Waals surface area (Å²) in [7, 11) is 1.95. The molecule has 0 N–H and O–H groups in total. The fourth-order valence-corrected chi connectivity index (χ4v) is 3.78. The summed E-state index contributed by atoms with van der Waals surface area (Å²) in [6.07, 6.45) is 1.98. The van der Waals surface area contributed by atoms with E-state index in [0.717, 1.165) is 30.8 Å². The Hall–Kier alpha value is -2.50. The fourth-order valence-electron chi connectivity index (χ4n) is 3.78. The van der Waals surface area contributed by atoms with Crippen molar-refractivity contribution >= 4 is 5.91 Å². The zero-order valence-electron chi connectivity index (χ0n) is 14.2. The fraction of sp³-hybridized carbons (Fsp3) is 0.444. The second-order valence-corrected chi connectivity index (χ2v) is 6.43. The average Bonchev–Trinajstić information content (AvgIpc) is 3.26. The van der Waals surface area contributed by atoms with Crippen LogP contribution in [0.2, 0.25) is 0 Å². The quantitative estimate of drug-likeness (QED) is 0.851. The number of benzene rings is 1. The molecule has 1 atom stereocenters.